The molecule has 0 bridgehead atoms. The maximum atomic E-state index is 12.0. The molecule has 1 saturated heterocycles. The molecule has 3 aliphatic heterocycles. The molecule has 1 unspecified atom stereocenters. The summed E-state index contributed by atoms with van der Waals surface area (Å²) in [6.45, 7) is 0.944. The van der Waals surface area contributed by atoms with E-state index in [1.807, 2.05) is 6.20 Å². The molecule has 104 valence electrons. The number of imidazole rings is 1. The topological polar surface area (TPSA) is 75.4 Å². The Labute approximate surface area is 152 Å². The van der Waals surface area contributed by atoms with Gasteiger partial charge in [0.1, 0.15) is 11.1 Å². The van der Waals surface area contributed by atoms with E-state index in [0.29, 0.717) is 5.57 Å². The summed E-state index contributed by atoms with van der Waals surface area (Å²) >= 11 is 3.04. The third-order valence-corrected chi connectivity index (χ3v) is 5.43. The van der Waals surface area contributed by atoms with E-state index in [1.54, 1.807) is 17.8 Å². The summed E-state index contributed by atoms with van der Waals surface area (Å²) in [5.41, 5.74) is 1.44. The van der Waals surface area contributed by atoms with Crippen LogP contribution in [0.25, 0.3) is 6.08 Å². The number of aromatic nitrogens is 2. The van der Waals surface area contributed by atoms with Gasteiger partial charge in [-0.05, 0) is 6.08 Å². The fraction of sp³-hybridized carbons (Fsp3) is 0.250. The third kappa shape index (κ3) is 2.29. The summed E-state index contributed by atoms with van der Waals surface area (Å²) < 4.78 is 2.07. The molecule has 1 amide bonds. The van der Waals surface area contributed by atoms with Gasteiger partial charge in [0, 0.05) is 23.9 Å². The number of carbonyl (C=O) groups excluding carboxylic acids is 1. The fourth-order valence-electron chi connectivity index (χ4n) is 2.42. The second kappa shape index (κ2) is 5.51. The summed E-state index contributed by atoms with van der Waals surface area (Å²) in [7, 11) is 0. The second-order valence-corrected chi connectivity index (χ2v) is 6.58. The molecule has 4 rings (SSSR count). The number of rotatable bonds is 2. The Kier molecular flexibility index (Phi) is 4.00. The van der Waals surface area contributed by atoms with Crippen molar-refractivity contribution in [3.05, 3.63) is 28.6 Å². The van der Waals surface area contributed by atoms with E-state index in [-0.39, 0.29) is 48.0 Å². The zero-order chi connectivity index (χ0) is 13.9. The number of carboxylic acids is 1. The van der Waals surface area contributed by atoms with Crippen LogP contribution < -0.4 is 29.6 Å². The number of carboxylic acid groups (broad SMARTS) is 1. The normalized spacial score (nSPS) is 24.3. The molecule has 4 heterocycles. The van der Waals surface area contributed by atoms with E-state index in [0.717, 1.165) is 23.1 Å². The standard InChI is InChI=1S/C12H9N3O3S2.Na.H/c16-9-7(10-15(9)8(5-20-10)11(17)18)3-6-4-14-1-2-19-12(14)13-6;;/h3-5,10H,1-2H2,(H,17,18);;/q;+1;-1/b7-3-;;. The van der Waals surface area contributed by atoms with E-state index < -0.39 is 5.97 Å². The molecule has 0 aliphatic carbocycles. The van der Waals surface area contributed by atoms with Gasteiger partial charge in [-0.1, -0.05) is 11.8 Å². The van der Waals surface area contributed by atoms with Crippen molar-refractivity contribution in [2.45, 2.75) is 17.1 Å². The Balaban J connectivity index is 0.000000882. The van der Waals surface area contributed by atoms with Crippen molar-refractivity contribution in [2.75, 3.05) is 5.75 Å². The predicted molar refractivity (Wildman–Crippen MR) is 76.0 cm³/mol. The molecule has 9 heteroatoms. The van der Waals surface area contributed by atoms with Gasteiger partial charge in [0.05, 0.1) is 11.3 Å². The molecule has 0 aromatic carbocycles. The number of hydrogen-bond acceptors (Lipinski definition) is 5. The summed E-state index contributed by atoms with van der Waals surface area (Å²) in [6.07, 6.45) is 3.70. The maximum Gasteiger partial charge on any atom is 1.00 e. The van der Waals surface area contributed by atoms with Crippen LogP contribution in [0.1, 0.15) is 7.12 Å². The fourth-order valence-corrected chi connectivity index (χ4v) is 4.49. The zero-order valence-electron chi connectivity index (χ0n) is 12.1. The van der Waals surface area contributed by atoms with Gasteiger partial charge in [0.2, 0.25) is 0 Å². The van der Waals surface area contributed by atoms with Gasteiger partial charge in [-0.3, -0.25) is 9.69 Å². The smallest absolute Gasteiger partial charge is 1.00 e. The van der Waals surface area contributed by atoms with Crippen molar-refractivity contribution in [1.82, 2.24) is 14.5 Å². The van der Waals surface area contributed by atoms with Crippen LogP contribution in [0.2, 0.25) is 0 Å². The first-order valence-corrected chi connectivity index (χ1v) is 7.92. The van der Waals surface area contributed by atoms with Crippen LogP contribution in [0.4, 0.5) is 0 Å². The van der Waals surface area contributed by atoms with Crippen LogP contribution in [0, 0.1) is 0 Å². The third-order valence-electron chi connectivity index (χ3n) is 3.38. The number of thioether (sulfide) groups is 2. The van der Waals surface area contributed by atoms with Crippen LogP contribution >= 0.6 is 23.5 Å². The van der Waals surface area contributed by atoms with Gasteiger partial charge in [0.25, 0.3) is 5.91 Å². The van der Waals surface area contributed by atoms with Crippen LogP contribution in [0.5, 0.6) is 0 Å². The molecule has 0 saturated carbocycles. The molecular formula is C12H10N3NaO3S2. The largest absolute Gasteiger partial charge is 1.00 e. The zero-order valence-corrected chi connectivity index (χ0v) is 14.8. The van der Waals surface area contributed by atoms with Gasteiger partial charge in [0.15, 0.2) is 5.16 Å². The summed E-state index contributed by atoms with van der Waals surface area (Å²) in [5, 5.41) is 11.3. The number of aliphatic carboxylic acids is 1. The minimum absolute atomic E-state index is 0. The van der Waals surface area contributed by atoms with Crippen molar-refractivity contribution in [1.29, 1.82) is 0 Å². The van der Waals surface area contributed by atoms with E-state index in [1.165, 1.54) is 22.1 Å². The average molecular weight is 331 g/mol. The van der Waals surface area contributed by atoms with E-state index in [2.05, 4.69) is 9.55 Å². The van der Waals surface area contributed by atoms with Crippen molar-refractivity contribution in [3.63, 3.8) is 0 Å². The van der Waals surface area contributed by atoms with Crippen LogP contribution in [-0.2, 0) is 16.1 Å². The summed E-state index contributed by atoms with van der Waals surface area (Å²) in [4.78, 5) is 28.8. The Hall–Kier alpha value is -0.670. The minimum atomic E-state index is -1.07. The molecule has 3 aliphatic rings. The van der Waals surface area contributed by atoms with Crippen LogP contribution in [0.3, 0.4) is 0 Å². The van der Waals surface area contributed by atoms with E-state index >= 15 is 0 Å². The maximum absolute atomic E-state index is 12.0. The Morgan fingerprint density at radius 2 is 2.38 bits per heavy atom. The van der Waals surface area contributed by atoms with Gasteiger partial charge in [-0.2, -0.15) is 0 Å². The van der Waals surface area contributed by atoms with E-state index in [9.17, 15) is 9.59 Å². The number of β-lactam (4-membered cyclic amide) rings is 1. The molecule has 0 spiro atoms. The minimum Gasteiger partial charge on any atom is -1.00 e. The molecule has 1 aromatic rings. The first-order valence-electron chi connectivity index (χ1n) is 5.99. The number of nitrogens with zero attached hydrogens (tertiary/aromatic N) is 3. The number of amides is 1. The summed E-state index contributed by atoms with van der Waals surface area (Å²) in [6, 6.07) is 0. The number of fused-ring (bicyclic) bond motifs is 2. The van der Waals surface area contributed by atoms with Crippen LogP contribution in [0.15, 0.2) is 28.0 Å². The molecule has 1 N–H and O–H groups in total. The SMILES string of the molecule is O=C(O)C1=CSC2/C(=C\c3cn4c(n3)SCC4)C(=O)N12.[H-].[Na+]. The number of hydrogen-bond donors (Lipinski definition) is 1. The predicted octanol–water partition coefficient (Wildman–Crippen LogP) is -1.67. The van der Waals surface area contributed by atoms with Gasteiger partial charge >= 0.3 is 35.5 Å². The molecule has 1 aromatic heterocycles. The quantitative estimate of drug-likeness (QED) is 0.397. The van der Waals surface area contributed by atoms with Gasteiger partial charge in [-0.25, -0.2) is 9.78 Å². The number of aryl methyl sites for hydroxylation is 1. The summed E-state index contributed by atoms with van der Waals surface area (Å²) in [5.74, 6) is -0.268. The molecule has 6 nitrogen and oxygen atoms in total. The molecule has 0 radical (unpaired) electrons. The molecule has 1 fully saturated rings. The monoisotopic (exact) mass is 331 g/mol. The van der Waals surface area contributed by atoms with E-state index in [4.69, 9.17) is 5.11 Å². The number of carbonyl (C=O) groups is 2. The molecule has 21 heavy (non-hydrogen) atoms. The van der Waals surface area contributed by atoms with Crippen LogP contribution in [-0.4, -0.2) is 42.6 Å². The Morgan fingerprint density at radius 3 is 3.10 bits per heavy atom. The van der Waals surface area contributed by atoms with Gasteiger partial charge in [-0.15, -0.1) is 11.8 Å². The van der Waals surface area contributed by atoms with Crippen molar-refractivity contribution in [2.24, 2.45) is 0 Å². The Bertz CT molecular complexity index is 697. The Morgan fingerprint density at radius 1 is 1.57 bits per heavy atom. The first-order chi connectivity index (χ1) is 9.65. The first kappa shape index (κ1) is 15.2. The van der Waals surface area contributed by atoms with Crippen molar-refractivity contribution >= 4 is 41.5 Å². The van der Waals surface area contributed by atoms with Gasteiger partial charge < -0.3 is 11.1 Å². The van der Waals surface area contributed by atoms with Crippen molar-refractivity contribution in [3.8, 4) is 0 Å². The second-order valence-electron chi connectivity index (χ2n) is 4.56. The van der Waals surface area contributed by atoms with Crippen molar-refractivity contribution < 1.29 is 45.7 Å². The molecular weight excluding hydrogens is 321 g/mol. The average Bonchev–Trinajstić information content (AvgIpc) is 3.07. The molecule has 1 atom stereocenters.